The van der Waals surface area contributed by atoms with Crippen LogP contribution in [0.5, 0.6) is 0 Å². The third kappa shape index (κ3) is 9.43. The minimum absolute atomic E-state index is 0.0208. The van der Waals surface area contributed by atoms with Gasteiger partial charge in [-0.05, 0) is 39.0 Å². The Balaban J connectivity index is 0.000000232. The lowest BCUT2D eigenvalue weighted by Gasteiger charge is -2.31. The van der Waals surface area contributed by atoms with Gasteiger partial charge in [0, 0.05) is 64.6 Å². The topological polar surface area (TPSA) is 142 Å². The Hall–Kier alpha value is -4.85. The monoisotopic (exact) mass is 729 g/mol. The maximum absolute atomic E-state index is 12.2. The van der Waals surface area contributed by atoms with Crippen LogP contribution in [0.15, 0.2) is 43.9 Å². The SMILES string of the molecule is C=C1CC(C(F)(F)F)CC(=O)N1C.CN1C(=O)C2=C(CCCC2)C1=O.Cc1nn(C)c(=O)n1C(F)F.Cn1c(C(F)(F)F)cc(=O)n(C)c1=O. The van der Waals surface area contributed by atoms with Crippen molar-refractivity contribution in [1.29, 1.82) is 0 Å². The molecule has 13 nitrogen and oxygen atoms in total. The zero-order valence-corrected chi connectivity index (χ0v) is 27.8. The molecule has 1 fully saturated rings. The molecular formula is C29H35F8N7O6. The summed E-state index contributed by atoms with van der Waals surface area (Å²) in [5.74, 6) is -2.20. The van der Waals surface area contributed by atoms with Crippen LogP contribution >= 0.6 is 0 Å². The van der Waals surface area contributed by atoms with E-state index in [4.69, 9.17) is 0 Å². The number of hydrogen-bond acceptors (Lipinski definition) is 7. The largest absolute Gasteiger partial charge is 0.431 e. The molecule has 3 amide bonds. The van der Waals surface area contributed by atoms with Crippen LogP contribution in [0.25, 0.3) is 0 Å². The smallest absolute Gasteiger partial charge is 0.320 e. The normalized spacial score (nSPS) is 17.9. The van der Waals surface area contributed by atoms with Crippen LogP contribution in [0, 0.1) is 12.8 Å². The fourth-order valence-corrected chi connectivity index (χ4v) is 4.96. The molecule has 278 valence electrons. The van der Waals surface area contributed by atoms with Crippen molar-refractivity contribution in [3.05, 3.63) is 72.3 Å². The van der Waals surface area contributed by atoms with Gasteiger partial charge in [-0.15, -0.1) is 0 Å². The molecule has 1 aliphatic carbocycles. The Morgan fingerprint density at radius 1 is 0.780 bits per heavy atom. The summed E-state index contributed by atoms with van der Waals surface area (Å²) >= 11 is 0. The molecule has 3 aliphatic rings. The number of amides is 3. The Labute approximate surface area is 278 Å². The maximum atomic E-state index is 12.2. The summed E-state index contributed by atoms with van der Waals surface area (Å²) in [5, 5.41) is 3.52. The van der Waals surface area contributed by atoms with Crippen LogP contribution in [-0.2, 0) is 41.7 Å². The molecule has 5 rings (SSSR count). The second-order valence-electron chi connectivity index (χ2n) is 11.4. The predicted molar refractivity (Wildman–Crippen MR) is 159 cm³/mol. The summed E-state index contributed by atoms with van der Waals surface area (Å²) in [6.07, 6.45) is -5.93. The molecule has 50 heavy (non-hydrogen) atoms. The van der Waals surface area contributed by atoms with Crippen LogP contribution < -0.4 is 16.9 Å². The van der Waals surface area contributed by atoms with E-state index in [1.807, 2.05) is 0 Å². The van der Waals surface area contributed by atoms with Crippen LogP contribution in [0.3, 0.4) is 0 Å². The van der Waals surface area contributed by atoms with Gasteiger partial charge in [0.25, 0.3) is 17.4 Å². The standard InChI is InChI=1S/C9H11NO2.C8H10F3NO.C7H7F3N2O2.C5H7F2N3O/c1-10-8(11)6-4-2-3-5-7(6)9(10)12;1-5-3-6(8(9,10)11)4-7(13)12(5)2;1-11-4(7(8,9)10)3-5(13)12(2)6(11)14;1-3-8-9(2)5(11)10(3)4(6)7/h2-5H2,1H3;6H,1,3-4H2,2H3;3H,1-2H3;4H,1-2H3. The van der Waals surface area contributed by atoms with Gasteiger partial charge in [0.05, 0.1) is 5.92 Å². The summed E-state index contributed by atoms with van der Waals surface area (Å²) < 4.78 is 99.5. The van der Waals surface area contributed by atoms with Gasteiger partial charge in [-0.2, -0.15) is 40.2 Å². The number of carbonyl (C=O) groups excluding carboxylic acids is 3. The highest BCUT2D eigenvalue weighted by Gasteiger charge is 2.44. The molecule has 1 unspecified atom stereocenters. The van der Waals surface area contributed by atoms with E-state index in [1.54, 1.807) is 7.05 Å². The van der Waals surface area contributed by atoms with E-state index in [0.717, 1.165) is 55.6 Å². The van der Waals surface area contributed by atoms with Crippen molar-refractivity contribution >= 4 is 17.7 Å². The lowest BCUT2D eigenvalue weighted by atomic mass is 9.93. The second kappa shape index (κ2) is 15.8. The molecule has 2 aromatic rings. The molecule has 0 spiro atoms. The van der Waals surface area contributed by atoms with E-state index in [1.165, 1.54) is 30.8 Å². The van der Waals surface area contributed by atoms with Gasteiger partial charge in [-0.1, -0.05) is 6.58 Å². The number of likely N-dealkylation sites (tertiary alicyclic amines) is 1. The minimum atomic E-state index is -4.69. The fraction of sp³-hybridized carbons (Fsp3) is 0.552. The summed E-state index contributed by atoms with van der Waals surface area (Å²) in [6, 6.07) is 0.390. The molecular weight excluding hydrogens is 694 g/mol. The molecule has 1 saturated heterocycles. The third-order valence-corrected chi connectivity index (χ3v) is 7.95. The summed E-state index contributed by atoms with van der Waals surface area (Å²) in [5.41, 5.74) is -2.23. The number of imide groups is 1. The summed E-state index contributed by atoms with van der Waals surface area (Å²) in [7, 11) is 6.41. The van der Waals surface area contributed by atoms with Gasteiger partial charge in [-0.3, -0.25) is 33.2 Å². The van der Waals surface area contributed by atoms with Crippen molar-refractivity contribution in [3.8, 4) is 0 Å². The van der Waals surface area contributed by atoms with Crippen LogP contribution in [0.2, 0.25) is 0 Å². The molecule has 0 saturated carbocycles. The van der Waals surface area contributed by atoms with Crippen LogP contribution in [0.4, 0.5) is 35.1 Å². The van der Waals surface area contributed by atoms with Crippen molar-refractivity contribution in [2.45, 2.75) is 64.4 Å². The first-order chi connectivity index (χ1) is 22.8. The van der Waals surface area contributed by atoms with E-state index < -0.39 is 59.8 Å². The number of halogens is 8. The first kappa shape index (κ1) is 41.3. The van der Waals surface area contributed by atoms with Gasteiger partial charge in [-0.25, -0.2) is 18.8 Å². The first-order valence-corrected chi connectivity index (χ1v) is 14.6. The number of hydrogen-bond donors (Lipinski definition) is 0. The zero-order chi connectivity index (χ0) is 38.6. The molecule has 21 heteroatoms. The lowest BCUT2D eigenvalue weighted by Crippen LogP contribution is -2.39. The maximum Gasteiger partial charge on any atom is 0.431 e. The van der Waals surface area contributed by atoms with Gasteiger partial charge in [0.1, 0.15) is 11.5 Å². The molecule has 0 radical (unpaired) electrons. The van der Waals surface area contributed by atoms with Gasteiger partial charge in [0.2, 0.25) is 5.91 Å². The highest BCUT2D eigenvalue weighted by Crippen LogP contribution is 2.37. The van der Waals surface area contributed by atoms with E-state index in [0.29, 0.717) is 19.8 Å². The number of likely N-dealkylation sites (N-methyl/N-ethyl adjacent to an activating group) is 1. The molecule has 0 bridgehead atoms. The lowest BCUT2D eigenvalue weighted by molar-refractivity contribution is -0.185. The van der Waals surface area contributed by atoms with Crippen molar-refractivity contribution in [2.24, 2.45) is 27.1 Å². The number of nitrogens with zero attached hydrogens (tertiary/aromatic N) is 7. The number of carbonyl (C=O) groups is 3. The Kier molecular flexibility index (Phi) is 13.1. The number of piperidine rings is 1. The van der Waals surface area contributed by atoms with Crippen LogP contribution in [0.1, 0.15) is 56.6 Å². The van der Waals surface area contributed by atoms with Gasteiger partial charge < -0.3 is 4.90 Å². The molecule has 1 atom stereocenters. The fourth-order valence-electron chi connectivity index (χ4n) is 4.96. The Bertz CT molecular complexity index is 1800. The summed E-state index contributed by atoms with van der Waals surface area (Å²) in [4.78, 5) is 69.0. The highest BCUT2D eigenvalue weighted by molar-refractivity contribution is 6.19. The number of allylic oxidation sites excluding steroid dienone is 1. The zero-order valence-electron chi connectivity index (χ0n) is 27.8. The first-order valence-electron chi connectivity index (χ1n) is 14.6. The number of alkyl halides is 8. The van der Waals surface area contributed by atoms with Gasteiger partial charge >= 0.3 is 30.3 Å². The molecule has 0 N–H and O–H groups in total. The van der Waals surface area contributed by atoms with Crippen molar-refractivity contribution < 1.29 is 49.5 Å². The average Bonchev–Trinajstić information content (AvgIpc) is 3.41. The van der Waals surface area contributed by atoms with Gasteiger partial charge in [0.15, 0.2) is 0 Å². The quantitative estimate of drug-likeness (QED) is 0.325. The molecule has 0 aromatic carbocycles. The van der Waals surface area contributed by atoms with E-state index in [2.05, 4.69) is 11.7 Å². The molecule has 2 aliphatic heterocycles. The van der Waals surface area contributed by atoms with Crippen molar-refractivity contribution in [3.63, 3.8) is 0 Å². The highest BCUT2D eigenvalue weighted by atomic mass is 19.4. The van der Waals surface area contributed by atoms with Crippen LogP contribution in [-0.4, -0.2) is 71.3 Å². The Morgan fingerprint density at radius 3 is 1.64 bits per heavy atom. The minimum Gasteiger partial charge on any atom is -0.320 e. The summed E-state index contributed by atoms with van der Waals surface area (Å²) in [6.45, 7) is 1.96. The predicted octanol–water partition coefficient (Wildman–Crippen LogP) is 3.17. The second-order valence-corrected chi connectivity index (χ2v) is 11.4. The average molecular weight is 730 g/mol. The van der Waals surface area contributed by atoms with E-state index in [9.17, 15) is 63.9 Å². The van der Waals surface area contributed by atoms with E-state index >= 15 is 0 Å². The van der Waals surface area contributed by atoms with E-state index in [-0.39, 0.29) is 29.8 Å². The van der Waals surface area contributed by atoms with Crippen molar-refractivity contribution in [1.82, 2.24) is 33.3 Å². The van der Waals surface area contributed by atoms with Crippen molar-refractivity contribution in [2.75, 3.05) is 14.1 Å². The Morgan fingerprint density at radius 2 is 1.28 bits per heavy atom. The third-order valence-electron chi connectivity index (χ3n) is 7.95. The number of aromatic nitrogens is 5. The number of rotatable bonds is 1. The molecule has 2 aromatic heterocycles. The number of aryl methyl sites for hydroxylation is 2. The molecule has 4 heterocycles.